The summed E-state index contributed by atoms with van der Waals surface area (Å²) >= 11 is 0. The normalized spacial score (nSPS) is 22.1. The molecule has 1 unspecified atom stereocenters. The molecule has 0 saturated carbocycles. The highest BCUT2D eigenvalue weighted by Crippen LogP contribution is 2.08. The van der Waals surface area contributed by atoms with Crippen LogP contribution in [0.2, 0.25) is 0 Å². The predicted molar refractivity (Wildman–Crippen MR) is 54.3 cm³/mol. The Bertz CT molecular complexity index is 193. The predicted octanol–water partition coefficient (Wildman–Crippen LogP) is 1.28. The lowest BCUT2D eigenvalue weighted by molar-refractivity contribution is 0.0523. The van der Waals surface area contributed by atoms with Crippen LogP contribution in [0.15, 0.2) is 0 Å². The molecule has 4 heteroatoms. The number of hydrogen-bond donors (Lipinski definition) is 1. The third-order valence-corrected chi connectivity index (χ3v) is 1.96. The second kappa shape index (κ2) is 4.64. The van der Waals surface area contributed by atoms with Gasteiger partial charge in [0.15, 0.2) is 0 Å². The van der Waals surface area contributed by atoms with E-state index in [4.69, 9.17) is 4.74 Å². The highest BCUT2D eigenvalue weighted by atomic mass is 16.6. The molecule has 0 aromatic rings. The summed E-state index contributed by atoms with van der Waals surface area (Å²) in [5.41, 5.74) is -0.420. The molecule has 1 radical (unpaired) electrons. The van der Waals surface area contributed by atoms with Crippen molar-refractivity contribution in [1.82, 2.24) is 10.6 Å². The van der Waals surface area contributed by atoms with E-state index in [1.807, 2.05) is 20.8 Å². The van der Waals surface area contributed by atoms with Crippen LogP contribution in [-0.4, -0.2) is 30.8 Å². The first-order chi connectivity index (χ1) is 6.47. The van der Waals surface area contributed by atoms with Crippen molar-refractivity contribution in [3.05, 3.63) is 0 Å². The van der Waals surface area contributed by atoms with Gasteiger partial charge in [-0.3, -0.25) is 0 Å². The van der Waals surface area contributed by atoms with Crippen LogP contribution in [0.25, 0.3) is 0 Å². The number of nitrogens with one attached hydrogen (secondary N) is 1. The molecule has 81 valence electrons. The van der Waals surface area contributed by atoms with E-state index in [0.717, 1.165) is 19.4 Å². The fraction of sp³-hybridized carbons (Fsp3) is 0.900. The topological polar surface area (TPSA) is 52.4 Å². The summed E-state index contributed by atoms with van der Waals surface area (Å²) in [6.07, 6.45) is 1.87. The Balaban J connectivity index is 2.14. The van der Waals surface area contributed by atoms with Crippen LogP contribution in [-0.2, 0) is 4.74 Å². The second-order valence-corrected chi connectivity index (χ2v) is 4.59. The van der Waals surface area contributed by atoms with Crippen molar-refractivity contribution in [3.8, 4) is 0 Å². The quantitative estimate of drug-likeness (QED) is 0.728. The first-order valence-corrected chi connectivity index (χ1v) is 5.11. The van der Waals surface area contributed by atoms with Gasteiger partial charge in [0.25, 0.3) is 0 Å². The number of ether oxygens (including phenoxy) is 1. The van der Waals surface area contributed by atoms with E-state index in [1.165, 1.54) is 0 Å². The summed E-state index contributed by atoms with van der Waals surface area (Å²) < 4.78 is 5.11. The number of alkyl carbamates (subject to hydrolysis) is 1. The largest absolute Gasteiger partial charge is 0.444 e. The van der Waals surface area contributed by atoms with E-state index in [9.17, 15) is 4.79 Å². The maximum Gasteiger partial charge on any atom is 0.407 e. The molecule has 4 nitrogen and oxygen atoms in total. The van der Waals surface area contributed by atoms with Gasteiger partial charge < -0.3 is 10.1 Å². The zero-order valence-electron chi connectivity index (χ0n) is 9.17. The molecule has 1 heterocycles. The molecule has 1 aliphatic rings. The molecule has 1 rings (SSSR count). The van der Waals surface area contributed by atoms with Gasteiger partial charge in [-0.1, -0.05) is 0 Å². The Kier molecular flexibility index (Phi) is 3.75. The number of rotatable bonds is 2. The van der Waals surface area contributed by atoms with E-state index in [-0.39, 0.29) is 6.09 Å². The van der Waals surface area contributed by atoms with Gasteiger partial charge in [-0.25, -0.2) is 10.1 Å². The molecule has 1 fully saturated rings. The van der Waals surface area contributed by atoms with Crippen LogP contribution in [0, 0.1) is 0 Å². The molecule has 0 bridgehead atoms. The molecule has 1 saturated heterocycles. The van der Waals surface area contributed by atoms with Crippen molar-refractivity contribution in [3.63, 3.8) is 0 Å². The zero-order valence-corrected chi connectivity index (χ0v) is 9.17. The molecule has 1 atom stereocenters. The van der Waals surface area contributed by atoms with Gasteiger partial charge in [0, 0.05) is 19.1 Å². The van der Waals surface area contributed by atoms with E-state index < -0.39 is 5.60 Å². The van der Waals surface area contributed by atoms with Crippen LogP contribution < -0.4 is 10.6 Å². The molecule has 0 spiro atoms. The molecule has 1 N–H and O–H groups in total. The number of amides is 1. The maximum absolute atomic E-state index is 11.2. The van der Waals surface area contributed by atoms with Gasteiger partial charge in [0.05, 0.1) is 0 Å². The van der Waals surface area contributed by atoms with Crippen molar-refractivity contribution in [2.45, 2.75) is 45.3 Å². The van der Waals surface area contributed by atoms with Gasteiger partial charge in [-0.2, -0.15) is 0 Å². The number of carbonyl (C=O) groups excluding carboxylic acids is 1. The monoisotopic (exact) mass is 199 g/mol. The van der Waals surface area contributed by atoms with Gasteiger partial charge >= 0.3 is 6.09 Å². The number of hydrogen-bond acceptors (Lipinski definition) is 2. The van der Waals surface area contributed by atoms with Gasteiger partial charge in [0.1, 0.15) is 5.60 Å². The van der Waals surface area contributed by atoms with Crippen LogP contribution >= 0.6 is 0 Å². The maximum atomic E-state index is 11.2. The lowest BCUT2D eigenvalue weighted by Crippen LogP contribution is -2.38. The van der Waals surface area contributed by atoms with Crippen molar-refractivity contribution >= 4 is 6.09 Å². The van der Waals surface area contributed by atoms with E-state index >= 15 is 0 Å². The van der Waals surface area contributed by atoms with Crippen molar-refractivity contribution in [2.75, 3.05) is 13.1 Å². The summed E-state index contributed by atoms with van der Waals surface area (Å²) in [7, 11) is 0. The highest BCUT2D eigenvalue weighted by Gasteiger charge is 2.19. The lowest BCUT2D eigenvalue weighted by atomic mass is 10.2. The minimum atomic E-state index is -0.420. The Morgan fingerprint density at radius 1 is 1.57 bits per heavy atom. The Morgan fingerprint density at radius 3 is 2.79 bits per heavy atom. The SMILES string of the molecule is CC(C)(C)OC(=O)NCC1CCC[N]1. The third kappa shape index (κ3) is 4.46. The summed E-state index contributed by atoms with van der Waals surface area (Å²) in [5, 5.41) is 7.06. The molecular formula is C10H19N2O2. The fourth-order valence-corrected chi connectivity index (χ4v) is 1.37. The van der Waals surface area contributed by atoms with Crippen LogP contribution in [0.4, 0.5) is 4.79 Å². The van der Waals surface area contributed by atoms with Crippen LogP contribution in [0.5, 0.6) is 0 Å². The molecule has 0 aliphatic carbocycles. The molecule has 1 aliphatic heterocycles. The molecule has 0 aromatic heterocycles. The van der Waals surface area contributed by atoms with E-state index in [2.05, 4.69) is 10.6 Å². The molecular weight excluding hydrogens is 180 g/mol. The average Bonchev–Trinajstić information content (AvgIpc) is 2.49. The van der Waals surface area contributed by atoms with Gasteiger partial charge in [-0.15, -0.1) is 0 Å². The van der Waals surface area contributed by atoms with Crippen LogP contribution in [0.3, 0.4) is 0 Å². The number of nitrogens with zero attached hydrogens (tertiary/aromatic N) is 1. The second-order valence-electron chi connectivity index (χ2n) is 4.59. The van der Waals surface area contributed by atoms with Gasteiger partial charge in [-0.05, 0) is 33.6 Å². The summed E-state index contributed by atoms with van der Waals surface area (Å²) in [6.45, 7) is 7.10. The summed E-state index contributed by atoms with van der Waals surface area (Å²) in [4.78, 5) is 11.2. The average molecular weight is 199 g/mol. The lowest BCUT2D eigenvalue weighted by Gasteiger charge is -2.20. The van der Waals surface area contributed by atoms with Crippen molar-refractivity contribution < 1.29 is 9.53 Å². The molecule has 1 amide bonds. The minimum Gasteiger partial charge on any atom is -0.444 e. The zero-order chi connectivity index (χ0) is 10.6. The standard InChI is InChI=1S/C10H19N2O2/c1-10(2,3)14-9(13)12-7-8-5-4-6-11-8/h8H,4-7H2,1-3H3,(H,12,13). The fourth-order valence-electron chi connectivity index (χ4n) is 1.37. The Labute approximate surface area is 85.4 Å². The van der Waals surface area contributed by atoms with Crippen molar-refractivity contribution in [2.24, 2.45) is 0 Å². The first kappa shape index (κ1) is 11.3. The first-order valence-electron chi connectivity index (χ1n) is 5.11. The van der Waals surface area contributed by atoms with E-state index in [0.29, 0.717) is 12.6 Å². The molecule has 0 aromatic carbocycles. The summed E-state index contributed by atoms with van der Waals surface area (Å²) in [5.74, 6) is 0. The smallest absolute Gasteiger partial charge is 0.407 e. The Morgan fingerprint density at radius 2 is 2.29 bits per heavy atom. The highest BCUT2D eigenvalue weighted by molar-refractivity contribution is 5.67. The van der Waals surface area contributed by atoms with Crippen LogP contribution in [0.1, 0.15) is 33.6 Å². The minimum absolute atomic E-state index is 0.294. The molecule has 14 heavy (non-hydrogen) atoms. The van der Waals surface area contributed by atoms with Gasteiger partial charge in [0.2, 0.25) is 0 Å². The summed E-state index contributed by atoms with van der Waals surface area (Å²) in [6, 6.07) is 0.294. The number of carbonyl (C=O) groups is 1. The third-order valence-electron chi connectivity index (χ3n) is 1.96. The van der Waals surface area contributed by atoms with Crippen molar-refractivity contribution in [1.29, 1.82) is 0 Å². The Hall–Kier alpha value is -0.770. The van der Waals surface area contributed by atoms with E-state index in [1.54, 1.807) is 0 Å².